The maximum Gasteiger partial charge on any atom is 0.417 e. The summed E-state index contributed by atoms with van der Waals surface area (Å²) in [7, 11) is 1.64. The molecule has 0 aliphatic carbocycles. The third-order valence-electron chi connectivity index (χ3n) is 2.33. The maximum atomic E-state index is 12.3. The lowest BCUT2D eigenvalue weighted by Crippen LogP contribution is -2.31. The Labute approximate surface area is 114 Å². The Balaban J connectivity index is 2.31. The largest absolute Gasteiger partial charge is 0.417 e. The van der Waals surface area contributed by atoms with Crippen LogP contribution in [0.4, 0.5) is 13.2 Å². The Hall–Kier alpha value is -0.790. The van der Waals surface area contributed by atoms with Gasteiger partial charge in [0.15, 0.2) is 0 Å². The van der Waals surface area contributed by atoms with Crippen LogP contribution in [-0.2, 0) is 10.9 Å². The monoisotopic (exact) mass is 294 g/mol. The van der Waals surface area contributed by atoms with Gasteiger partial charge in [-0.2, -0.15) is 13.2 Å². The maximum absolute atomic E-state index is 12.3. The molecule has 1 rings (SSSR count). The van der Waals surface area contributed by atoms with Gasteiger partial charge in [0, 0.05) is 31.6 Å². The Kier molecular flexibility index (Phi) is 6.60. The minimum absolute atomic E-state index is 0.256. The zero-order chi connectivity index (χ0) is 14.3. The fourth-order valence-corrected chi connectivity index (χ4v) is 2.12. The minimum Gasteiger partial charge on any atom is -0.383 e. The molecule has 108 valence electrons. The van der Waals surface area contributed by atoms with Gasteiger partial charge in [-0.25, -0.2) is 4.98 Å². The summed E-state index contributed by atoms with van der Waals surface area (Å²) in [5.41, 5.74) is -0.719. The normalized spacial score (nSPS) is 13.5. The molecule has 0 spiro atoms. The van der Waals surface area contributed by atoms with Crippen molar-refractivity contribution >= 4 is 11.8 Å². The molecule has 1 N–H and O–H groups in total. The standard InChI is InChI=1S/C12H17F3N2OS/c1-9(8-18-2)16-5-6-19-11-4-3-10(7-17-11)12(13,14)15/h3-4,7,9,16H,5-6,8H2,1-2H3. The molecule has 7 heteroatoms. The molecular weight excluding hydrogens is 277 g/mol. The van der Waals surface area contributed by atoms with Crippen LogP contribution in [-0.4, -0.2) is 37.0 Å². The Bertz CT molecular complexity index is 370. The lowest BCUT2D eigenvalue weighted by Gasteiger charge is -2.12. The molecule has 19 heavy (non-hydrogen) atoms. The minimum atomic E-state index is -4.33. The summed E-state index contributed by atoms with van der Waals surface area (Å²) >= 11 is 1.42. The van der Waals surface area contributed by atoms with Crippen LogP contribution in [0.3, 0.4) is 0 Å². The Morgan fingerprint density at radius 3 is 2.68 bits per heavy atom. The molecule has 1 aromatic heterocycles. The number of nitrogens with zero attached hydrogens (tertiary/aromatic N) is 1. The van der Waals surface area contributed by atoms with Crippen molar-refractivity contribution in [1.82, 2.24) is 10.3 Å². The molecule has 0 saturated carbocycles. The topological polar surface area (TPSA) is 34.1 Å². The fraction of sp³-hybridized carbons (Fsp3) is 0.583. The van der Waals surface area contributed by atoms with E-state index in [0.29, 0.717) is 11.6 Å². The van der Waals surface area contributed by atoms with Gasteiger partial charge < -0.3 is 10.1 Å². The number of hydrogen-bond donors (Lipinski definition) is 1. The van der Waals surface area contributed by atoms with Crippen molar-refractivity contribution < 1.29 is 17.9 Å². The highest BCUT2D eigenvalue weighted by Crippen LogP contribution is 2.29. The lowest BCUT2D eigenvalue weighted by molar-refractivity contribution is -0.137. The van der Waals surface area contributed by atoms with Gasteiger partial charge in [-0.15, -0.1) is 11.8 Å². The molecule has 1 heterocycles. The number of rotatable bonds is 7. The van der Waals surface area contributed by atoms with E-state index in [9.17, 15) is 13.2 Å². The van der Waals surface area contributed by atoms with Crippen LogP contribution in [0.5, 0.6) is 0 Å². The third-order valence-corrected chi connectivity index (χ3v) is 3.27. The number of hydrogen-bond acceptors (Lipinski definition) is 4. The van der Waals surface area contributed by atoms with Gasteiger partial charge in [-0.3, -0.25) is 0 Å². The highest BCUT2D eigenvalue weighted by Gasteiger charge is 2.30. The molecule has 0 aromatic carbocycles. The first kappa shape index (κ1) is 16.3. The number of halogens is 3. The van der Waals surface area contributed by atoms with Crippen molar-refractivity contribution in [3.05, 3.63) is 23.9 Å². The molecular formula is C12H17F3N2OS. The van der Waals surface area contributed by atoms with Crippen LogP contribution >= 0.6 is 11.8 Å². The molecule has 1 unspecified atom stereocenters. The third kappa shape index (κ3) is 6.26. The van der Waals surface area contributed by atoms with Crippen molar-refractivity contribution in [3.8, 4) is 0 Å². The van der Waals surface area contributed by atoms with Crippen molar-refractivity contribution in [2.24, 2.45) is 0 Å². The predicted molar refractivity (Wildman–Crippen MR) is 69.3 cm³/mol. The number of thioether (sulfide) groups is 1. The highest BCUT2D eigenvalue weighted by atomic mass is 32.2. The summed E-state index contributed by atoms with van der Waals surface area (Å²) in [6, 6.07) is 2.70. The highest BCUT2D eigenvalue weighted by molar-refractivity contribution is 7.99. The smallest absolute Gasteiger partial charge is 0.383 e. The predicted octanol–water partition coefficient (Wildman–Crippen LogP) is 2.82. The van der Waals surface area contributed by atoms with Gasteiger partial charge in [0.1, 0.15) is 0 Å². The van der Waals surface area contributed by atoms with Gasteiger partial charge in [-0.05, 0) is 19.1 Å². The summed E-state index contributed by atoms with van der Waals surface area (Å²) in [6.07, 6.45) is -3.46. The van der Waals surface area contributed by atoms with Gasteiger partial charge in [0.2, 0.25) is 0 Å². The molecule has 0 saturated heterocycles. The number of ether oxygens (including phenoxy) is 1. The number of pyridine rings is 1. The van der Waals surface area contributed by atoms with E-state index in [1.54, 1.807) is 7.11 Å². The molecule has 0 aliphatic heterocycles. The van der Waals surface area contributed by atoms with Crippen LogP contribution in [0.25, 0.3) is 0 Å². The molecule has 3 nitrogen and oxygen atoms in total. The first-order valence-corrected chi connectivity index (χ1v) is 6.80. The summed E-state index contributed by atoms with van der Waals surface area (Å²) in [4.78, 5) is 3.79. The SMILES string of the molecule is COCC(C)NCCSc1ccc(C(F)(F)F)cn1. The second-order valence-corrected chi connectivity index (χ2v) is 5.16. The summed E-state index contributed by atoms with van der Waals surface area (Å²) < 4.78 is 41.9. The molecule has 1 aromatic rings. The van der Waals surface area contributed by atoms with Crippen LogP contribution in [0.15, 0.2) is 23.4 Å². The molecule has 0 bridgehead atoms. The number of nitrogens with one attached hydrogen (secondary N) is 1. The second-order valence-electron chi connectivity index (χ2n) is 4.04. The lowest BCUT2D eigenvalue weighted by atomic mass is 10.3. The van der Waals surface area contributed by atoms with Crippen LogP contribution < -0.4 is 5.32 Å². The van der Waals surface area contributed by atoms with Crippen molar-refractivity contribution in [2.45, 2.75) is 24.2 Å². The Morgan fingerprint density at radius 2 is 2.16 bits per heavy atom. The van der Waals surface area contributed by atoms with E-state index in [2.05, 4.69) is 10.3 Å². The molecule has 0 radical (unpaired) electrons. The summed E-state index contributed by atoms with van der Waals surface area (Å²) in [5.74, 6) is 0.742. The first-order chi connectivity index (χ1) is 8.93. The summed E-state index contributed by atoms with van der Waals surface area (Å²) in [5, 5.41) is 3.83. The fourth-order valence-electron chi connectivity index (χ4n) is 1.40. The average molecular weight is 294 g/mol. The number of aromatic nitrogens is 1. The van der Waals surface area contributed by atoms with E-state index in [1.807, 2.05) is 6.92 Å². The zero-order valence-electron chi connectivity index (χ0n) is 10.8. The van der Waals surface area contributed by atoms with E-state index in [0.717, 1.165) is 24.6 Å². The van der Waals surface area contributed by atoms with Gasteiger partial charge >= 0.3 is 6.18 Å². The second kappa shape index (κ2) is 7.72. The van der Waals surface area contributed by atoms with Crippen LogP contribution in [0, 0.1) is 0 Å². The van der Waals surface area contributed by atoms with E-state index in [1.165, 1.54) is 17.8 Å². The van der Waals surface area contributed by atoms with E-state index >= 15 is 0 Å². The molecule has 0 aliphatic rings. The van der Waals surface area contributed by atoms with E-state index in [4.69, 9.17) is 4.74 Å². The summed E-state index contributed by atoms with van der Waals surface area (Å²) in [6.45, 7) is 3.38. The first-order valence-electron chi connectivity index (χ1n) is 5.82. The molecule has 0 amide bonds. The van der Waals surface area contributed by atoms with E-state index in [-0.39, 0.29) is 6.04 Å². The van der Waals surface area contributed by atoms with Crippen molar-refractivity contribution in [1.29, 1.82) is 0 Å². The van der Waals surface area contributed by atoms with E-state index < -0.39 is 11.7 Å². The van der Waals surface area contributed by atoms with Crippen LogP contribution in [0.2, 0.25) is 0 Å². The molecule has 0 fully saturated rings. The van der Waals surface area contributed by atoms with Crippen molar-refractivity contribution in [3.63, 3.8) is 0 Å². The Morgan fingerprint density at radius 1 is 1.42 bits per heavy atom. The van der Waals surface area contributed by atoms with Crippen molar-refractivity contribution in [2.75, 3.05) is 26.0 Å². The number of methoxy groups -OCH3 is 1. The molecule has 1 atom stereocenters. The average Bonchev–Trinajstić information content (AvgIpc) is 2.34. The van der Waals surface area contributed by atoms with Crippen LogP contribution in [0.1, 0.15) is 12.5 Å². The zero-order valence-corrected chi connectivity index (χ0v) is 11.6. The van der Waals surface area contributed by atoms with Gasteiger partial charge in [-0.1, -0.05) is 0 Å². The quantitative estimate of drug-likeness (QED) is 0.619. The van der Waals surface area contributed by atoms with Gasteiger partial charge in [0.25, 0.3) is 0 Å². The van der Waals surface area contributed by atoms with Gasteiger partial charge in [0.05, 0.1) is 17.2 Å². The number of alkyl halides is 3.